The van der Waals surface area contributed by atoms with Crippen LogP contribution in [0.1, 0.15) is 78.1 Å². The number of hydrogen-bond donors (Lipinski definition) is 1. The number of anilines is 1. The number of aliphatic hydroxyl groups is 1. The molecule has 0 saturated carbocycles. The fourth-order valence-electron chi connectivity index (χ4n) is 5.26. The first-order valence-electron chi connectivity index (χ1n) is 14.2. The average Bonchev–Trinajstić information content (AvgIpc) is 3.62. The molecule has 0 bridgehead atoms. The number of hydrogen-bond acceptors (Lipinski definition) is 9. The lowest BCUT2D eigenvalue weighted by Gasteiger charge is -2.23. The van der Waals surface area contributed by atoms with E-state index in [1.807, 2.05) is 13.0 Å². The number of Topliss-reactive ketones (excluding diaryl/α,β-unsaturated/α-hetero) is 1. The highest BCUT2D eigenvalue weighted by atomic mass is 32.1. The maximum atomic E-state index is 13.7. The van der Waals surface area contributed by atoms with Gasteiger partial charge < -0.3 is 19.3 Å². The molecule has 2 atom stereocenters. The molecule has 0 radical (unpaired) electrons. The third kappa shape index (κ3) is 5.63. The number of aryl methyl sites for hydroxylation is 1. The lowest BCUT2D eigenvalue weighted by atomic mass is 9.94. The van der Waals surface area contributed by atoms with Gasteiger partial charge in [0.25, 0.3) is 5.78 Å². The van der Waals surface area contributed by atoms with Crippen molar-refractivity contribution in [3.05, 3.63) is 75.3 Å². The monoisotopic (exact) mass is 590 g/mol. The first-order valence-corrected chi connectivity index (χ1v) is 15.0. The van der Waals surface area contributed by atoms with Gasteiger partial charge in [-0.1, -0.05) is 43.2 Å². The van der Waals surface area contributed by atoms with Crippen LogP contribution in [0.15, 0.2) is 48.0 Å². The number of esters is 1. The van der Waals surface area contributed by atoms with E-state index in [0.29, 0.717) is 35.6 Å². The van der Waals surface area contributed by atoms with E-state index in [1.54, 1.807) is 50.2 Å². The molecular formula is C32H34N2O7S. The highest BCUT2D eigenvalue weighted by Gasteiger charge is 2.48. The SMILES string of the molecule is CCCCCOc1cccc([C@@H]2/C(=C(\O)c3ccc4c(c3)C[C@H](C)O4)C(=O)C(=O)N2c2nc(C)c(C(=O)OCC)s2)c1. The van der Waals surface area contributed by atoms with E-state index in [0.717, 1.165) is 41.9 Å². The Hall–Kier alpha value is -4.18. The molecule has 0 aliphatic carbocycles. The van der Waals surface area contributed by atoms with E-state index < -0.39 is 23.7 Å². The van der Waals surface area contributed by atoms with Crippen molar-refractivity contribution in [3.8, 4) is 11.5 Å². The summed E-state index contributed by atoms with van der Waals surface area (Å²) in [6.07, 6.45) is 3.67. The zero-order valence-electron chi connectivity index (χ0n) is 24.1. The first kappa shape index (κ1) is 29.3. The zero-order chi connectivity index (χ0) is 30.0. The second-order valence-corrected chi connectivity index (χ2v) is 11.4. The number of carbonyl (C=O) groups excluding carboxylic acids is 3. The maximum absolute atomic E-state index is 13.7. The molecule has 1 amide bonds. The van der Waals surface area contributed by atoms with Crippen molar-refractivity contribution in [2.75, 3.05) is 18.1 Å². The van der Waals surface area contributed by atoms with Gasteiger partial charge >= 0.3 is 11.9 Å². The molecular weight excluding hydrogens is 556 g/mol. The van der Waals surface area contributed by atoms with Crippen LogP contribution in [-0.2, 0) is 20.7 Å². The van der Waals surface area contributed by atoms with Crippen LogP contribution >= 0.6 is 11.3 Å². The summed E-state index contributed by atoms with van der Waals surface area (Å²) in [4.78, 5) is 45.8. The fourth-order valence-corrected chi connectivity index (χ4v) is 6.25. The Morgan fingerprint density at radius 3 is 2.74 bits per heavy atom. The van der Waals surface area contributed by atoms with Gasteiger partial charge in [0.15, 0.2) is 5.13 Å². The molecule has 9 nitrogen and oxygen atoms in total. The summed E-state index contributed by atoms with van der Waals surface area (Å²) in [5, 5.41) is 11.8. The van der Waals surface area contributed by atoms with E-state index in [-0.39, 0.29) is 34.1 Å². The van der Waals surface area contributed by atoms with Crippen LogP contribution < -0.4 is 14.4 Å². The summed E-state index contributed by atoms with van der Waals surface area (Å²) < 4.78 is 16.9. The number of fused-ring (bicyclic) bond motifs is 1. The minimum Gasteiger partial charge on any atom is -0.507 e. The molecule has 0 unspecified atom stereocenters. The quantitative estimate of drug-likeness (QED) is 0.0984. The molecule has 5 rings (SSSR count). The molecule has 1 aromatic heterocycles. The van der Waals surface area contributed by atoms with Crippen molar-refractivity contribution in [2.24, 2.45) is 0 Å². The van der Waals surface area contributed by atoms with Crippen molar-refractivity contribution >= 4 is 39.9 Å². The fraction of sp³-hybridized carbons (Fsp3) is 0.375. The number of rotatable bonds is 10. The van der Waals surface area contributed by atoms with Crippen LogP contribution in [0.2, 0.25) is 0 Å². The molecule has 0 spiro atoms. The van der Waals surface area contributed by atoms with Crippen LogP contribution in [0.5, 0.6) is 11.5 Å². The van der Waals surface area contributed by atoms with Gasteiger partial charge in [0, 0.05) is 12.0 Å². The largest absolute Gasteiger partial charge is 0.507 e. The number of aliphatic hydroxyl groups excluding tert-OH is 1. The van der Waals surface area contributed by atoms with Crippen molar-refractivity contribution in [1.29, 1.82) is 0 Å². The van der Waals surface area contributed by atoms with Gasteiger partial charge in [0.2, 0.25) is 0 Å². The van der Waals surface area contributed by atoms with Gasteiger partial charge in [-0.25, -0.2) is 9.78 Å². The van der Waals surface area contributed by atoms with Crippen LogP contribution in [0.3, 0.4) is 0 Å². The maximum Gasteiger partial charge on any atom is 0.350 e. The summed E-state index contributed by atoms with van der Waals surface area (Å²) >= 11 is 0.974. The van der Waals surface area contributed by atoms with Crippen molar-refractivity contribution in [3.63, 3.8) is 0 Å². The number of ether oxygens (including phenoxy) is 3. The third-order valence-corrected chi connectivity index (χ3v) is 8.39. The minimum absolute atomic E-state index is 0.00442. The van der Waals surface area contributed by atoms with Gasteiger partial charge in [-0.2, -0.15) is 0 Å². The Morgan fingerprint density at radius 1 is 1.17 bits per heavy atom. The molecule has 1 saturated heterocycles. The normalized spacial score (nSPS) is 19.1. The zero-order valence-corrected chi connectivity index (χ0v) is 25.0. The second kappa shape index (κ2) is 12.4. The lowest BCUT2D eigenvalue weighted by molar-refractivity contribution is -0.132. The van der Waals surface area contributed by atoms with Gasteiger partial charge in [0.05, 0.1) is 30.5 Å². The summed E-state index contributed by atoms with van der Waals surface area (Å²) in [6.45, 7) is 8.15. The van der Waals surface area contributed by atoms with E-state index in [2.05, 4.69) is 11.9 Å². The number of nitrogens with zero attached hydrogens (tertiary/aromatic N) is 2. The Morgan fingerprint density at radius 2 is 1.98 bits per heavy atom. The molecule has 2 aromatic carbocycles. The molecule has 3 heterocycles. The van der Waals surface area contributed by atoms with Crippen LogP contribution in [-0.4, -0.2) is 47.1 Å². The Balaban J connectivity index is 1.62. The van der Waals surface area contributed by atoms with Crippen LogP contribution in [0.25, 0.3) is 5.76 Å². The lowest BCUT2D eigenvalue weighted by Crippen LogP contribution is -2.29. The minimum atomic E-state index is -1.01. The number of unbranched alkanes of at least 4 members (excludes halogenated alkanes) is 2. The number of carbonyl (C=O) groups is 3. The summed E-state index contributed by atoms with van der Waals surface area (Å²) in [6, 6.07) is 11.4. The number of benzene rings is 2. The summed E-state index contributed by atoms with van der Waals surface area (Å²) in [5.74, 6) is -1.23. The highest BCUT2D eigenvalue weighted by Crippen LogP contribution is 2.45. The number of ketones is 1. The van der Waals surface area contributed by atoms with Crippen molar-refractivity contribution < 1.29 is 33.7 Å². The molecule has 42 heavy (non-hydrogen) atoms. The number of aromatic nitrogens is 1. The van der Waals surface area contributed by atoms with Crippen LogP contribution in [0.4, 0.5) is 5.13 Å². The van der Waals surface area contributed by atoms with Gasteiger partial charge in [-0.15, -0.1) is 0 Å². The summed E-state index contributed by atoms with van der Waals surface area (Å²) in [5.41, 5.74) is 2.20. The molecule has 2 aliphatic heterocycles. The molecule has 220 valence electrons. The smallest absolute Gasteiger partial charge is 0.350 e. The molecule has 3 aromatic rings. The van der Waals surface area contributed by atoms with E-state index >= 15 is 0 Å². The number of amides is 1. The topological polar surface area (TPSA) is 115 Å². The van der Waals surface area contributed by atoms with Crippen molar-refractivity contribution in [1.82, 2.24) is 4.98 Å². The second-order valence-electron chi connectivity index (χ2n) is 10.4. The van der Waals surface area contributed by atoms with Crippen molar-refractivity contribution in [2.45, 2.75) is 65.5 Å². The predicted molar refractivity (Wildman–Crippen MR) is 159 cm³/mol. The van der Waals surface area contributed by atoms with E-state index in [1.165, 1.54) is 4.90 Å². The van der Waals surface area contributed by atoms with Gasteiger partial charge in [0.1, 0.15) is 28.2 Å². The summed E-state index contributed by atoms with van der Waals surface area (Å²) in [7, 11) is 0. The highest BCUT2D eigenvalue weighted by molar-refractivity contribution is 7.17. The molecule has 10 heteroatoms. The third-order valence-electron chi connectivity index (χ3n) is 7.26. The standard InChI is InChI=1S/C32H34N2O7S/c1-5-7-8-14-40-23-11-9-10-20(17-23)26-25(27(35)21-12-13-24-22(16-21)15-18(3)41-24)28(36)30(37)34(26)32-33-19(4)29(42-32)31(38)39-6-2/h9-13,16-18,26,35H,5-8,14-15H2,1-4H3/b27-25+/t18-,26+/m0/s1. The first-order chi connectivity index (χ1) is 20.2. The van der Waals surface area contributed by atoms with Gasteiger partial charge in [-0.3, -0.25) is 14.5 Å². The Bertz CT molecular complexity index is 1560. The van der Waals surface area contributed by atoms with Gasteiger partial charge in [-0.05, 0) is 68.7 Å². The average molecular weight is 591 g/mol. The molecule has 1 fully saturated rings. The Labute approximate surface area is 248 Å². The van der Waals surface area contributed by atoms with Crippen LogP contribution in [0, 0.1) is 6.92 Å². The van der Waals surface area contributed by atoms with E-state index in [4.69, 9.17) is 14.2 Å². The molecule has 1 N–H and O–H groups in total. The number of thiazole rings is 1. The predicted octanol–water partition coefficient (Wildman–Crippen LogP) is 6.15. The van der Waals surface area contributed by atoms with E-state index in [9.17, 15) is 19.5 Å². The Kier molecular flexibility index (Phi) is 8.63. The molecule has 2 aliphatic rings.